The van der Waals surface area contributed by atoms with Crippen LogP contribution >= 0.6 is 11.3 Å². The van der Waals surface area contributed by atoms with Crippen LogP contribution in [0.4, 0.5) is 0 Å². The van der Waals surface area contributed by atoms with Gasteiger partial charge in [0.25, 0.3) is 5.91 Å². The lowest BCUT2D eigenvalue weighted by atomic mass is 9.93. The van der Waals surface area contributed by atoms with Crippen molar-refractivity contribution in [3.63, 3.8) is 0 Å². The van der Waals surface area contributed by atoms with Gasteiger partial charge in [-0.25, -0.2) is 9.67 Å². The van der Waals surface area contributed by atoms with Gasteiger partial charge in [-0.3, -0.25) is 14.5 Å². The smallest absolute Gasteiger partial charge is 0.270 e. The number of rotatable bonds is 8. The summed E-state index contributed by atoms with van der Waals surface area (Å²) in [6, 6.07) is 3.96. The Morgan fingerprint density at radius 2 is 2.10 bits per heavy atom. The molecule has 162 valence electrons. The van der Waals surface area contributed by atoms with Crippen molar-refractivity contribution in [2.24, 2.45) is 7.05 Å². The standard InChI is InChI=1S/C21H27N5O3S.H2/c1-25-7-8-26(25)20-12-15(19-13-22-14-30-19)11-18(24-20)21(27)23-16-3-5-17(6-4-16)29-10-9-28-2;/h7-8,11-14,16-17H,3-6,9-10H2,1-2H3,(H,23,27);1H. The first-order valence-electron chi connectivity index (χ1n) is 10.2. The number of carbonyl (C=O) groups excluding carboxylic acids is 1. The maximum atomic E-state index is 13.0. The van der Waals surface area contributed by atoms with Crippen LogP contribution in [0.15, 0.2) is 36.2 Å². The van der Waals surface area contributed by atoms with Crippen molar-refractivity contribution < 1.29 is 15.7 Å². The summed E-state index contributed by atoms with van der Waals surface area (Å²) < 4.78 is 14.7. The average Bonchev–Trinajstić information content (AvgIpc) is 3.29. The van der Waals surface area contributed by atoms with E-state index in [9.17, 15) is 4.79 Å². The molecule has 0 saturated heterocycles. The van der Waals surface area contributed by atoms with Crippen LogP contribution in [0.1, 0.15) is 37.6 Å². The Kier molecular flexibility index (Phi) is 6.61. The van der Waals surface area contributed by atoms with Gasteiger partial charge >= 0.3 is 0 Å². The van der Waals surface area contributed by atoms with Crippen LogP contribution in [0.3, 0.4) is 0 Å². The molecule has 1 fully saturated rings. The molecule has 0 aliphatic heterocycles. The number of thiazole rings is 1. The molecule has 1 N–H and O–H groups in total. The number of aryl methyl sites for hydroxylation is 1. The molecule has 0 unspecified atom stereocenters. The Bertz CT molecular complexity index is 964. The summed E-state index contributed by atoms with van der Waals surface area (Å²) in [4.78, 5) is 22.8. The molecule has 1 saturated carbocycles. The minimum atomic E-state index is -0.140. The predicted octanol–water partition coefficient (Wildman–Crippen LogP) is 3.28. The van der Waals surface area contributed by atoms with Crippen molar-refractivity contribution in [2.45, 2.75) is 37.8 Å². The molecule has 3 aromatic rings. The van der Waals surface area contributed by atoms with Crippen molar-refractivity contribution >= 4 is 17.2 Å². The molecule has 1 aliphatic rings. The molecular formula is C21H29N5O3S. The summed E-state index contributed by atoms with van der Waals surface area (Å²) in [6.45, 7) is 1.23. The highest BCUT2D eigenvalue weighted by molar-refractivity contribution is 7.13. The van der Waals surface area contributed by atoms with E-state index in [2.05, 4.69) is 15.3 Å². The van der Waals surface area contributed by atoms with Gasteiger partial charge in [-0.2, -0.15) is 0 Å². The lowest BCUT2D eigenvalue weighted by Crippen LogP contribution is -2.39. The molecule has 9 heteroatoms. The molecule has 0 radical (unpaired) electrons. The molecule has 0 aromatic carbocycles. The van der Waals surface area contributed by atoms with E-state index in [-0.39, 0.29) is 19.5 Å². The number of nitrogens with one attached hydrogen (secondary N) is 1. The van der Waals surface area contributed by atoms with Crippen LogP contribution < -0.4 is 5.32 Å². The second-order valence-corrected chi connectivity index (χ2v) is 8.38. The number of carbonyl (C=O) groups is 1. The monoisotopic (exact) mass is 431 g/mol. The zero-order chi connectivity index (χ0) is 20.9. The van der Waals surface area contributed by atoms with E-state index < -0.39 is 0 Å². The third kappa shape index (κ3) is 4.80. The number of hydrogen-bond acceptors (Lipinski definition) is 6. The SMILES string of the molecule is COCCOC1CCC(NC(=O)c2cc(-c3cncs3)cc(-n3ccn3C)n2)CC1.[HH]. The van der Waals surface area contributed by atoms with Crippen LogP contribution in [-0.2, 0) is 16.5 Å². The van der Waals surface area contributed by atoms with E-state index in [0.29, 0.717) is 24.7 Å². The zero-order valence-electron chi connectivity index (χ0n) is 17.3. The normalized spacial score (nSPS) is 19.1. The average molecular weight is 432 g/mol. The predicted molar refractivity (Wildman–Crippen MR) is 117 cm³/mol. The molecule has 0 atom stereocenters. The summed E-state index contributed by atoms with van der Waals surface area (Å²) in [6.07, 6.45) is 9.62. The van der Waals surface area contributed by atoms with E-state index in [1.165, 1.54) is 0 Å². The zero-order valence-corrected chi connectivity index (χ0v) is 18.1. The summed E-state index contributed by atoms with van der Waals surface area (Å²) in [5, 5.41) is 3.16. The lowest BCUT2D eigenvalue weighted by Gasteiger charge is -2.29. The Labute approximate surface area is 181 Å². The van der Waals surface area contributed by atoms with E-state index in [1.807, 2.05) is 47.1 Å². The van der Waals surface area contributed by atoms with Gasteiger partial charge in [0.1, 0.15) is 5.69 Å². The van der Waals surface area contributed by atoms with Gasteiger partial charge < -0.3 is 14.8 Å². The van der Waals surface area contributed by atoms with Gasteiger partial charge in [0.15, 0.2) is 5.82 Å². The largest absolute Gasteiger partial charge is 0.382 e. The minimum Gasteiger partial charge on any atom is -0.382 e. The van der Waals surface area contributed by atoms with Crippen LogP contribution in [0.2, 0.25) is 0 Å². The Morgan fingerprint density at radius 1 is 1.27 bits per heavy atom. The number of methoxy groups -OCH3 is 1. The molecule has 3 heterocycles. The highest BCUT2D eigenvalue weighted by Crippen LogP contribution is 2.26. The topological polar surface area (TPSA) is 83.2 Å². The Morgan fingerprint density at radius 3 is 2.73 bits per heavy atom. The van der Waals surface area contributed by atoms with Gasteiger partial charge in [-0.1, -0.05) is 0 Å². The first-order valence-corrected chi connectivity index (χ1v) is 11.0. The van der Waals surface area contributed by atoms with Crippen LogP contribution in [-0.4, -0.2) is 57.7 Å². The van der Waals surface area contributed by atoms with E-state index in [0.717, 1.165) is 36.1 Å². The fourth-order valence-corrected chi connectivity index (χ4v) is 4.30. The molecule has 3 aromatic heterocycles. The van der Waals surface area contributed by atoms with Crippen LogP contribution in [0.25, 0.3) is 16.3 Å². The van der Waals surface area contributed by atoms with Gasteiger partial charge in [0, 0.05) is 40.2 Å². The number of aromatic nitrogens is 4. The summed E-state index contributed by atoms with van der Waals surface area (Å²) in [5.74, 6) is 0.574. The van der Waals surface area contributed by atoms with Crippen molar-refractivity contribution in [3.8, 4) is 16.3 Å². The first kappa shape index (κ1) is 20.8. The van der Waals surface area contributed by atoms with Crippen LogP contribution in [0.5, 0.6) is 0 Å². The van der Waals surface area contributed by atoms with E-state index >= 15 is 0 Å². The second kappa shape index (κ2) is 9.55. The third-order valence-electron chi connectivity index (χ3n) is 5.41. The molecular weight excluding hydrogens is 402 g/mol. The summed E-state index contributed by atoms with van der Waals surface area (Å²) in [7, 11) is 3.61. The second-order valence-electron chi connectivity index (χ2n) is 7.49. The summed E-state index contributed by atoms with van der Waals surface area (Å²) >= 11 is 1.54. The van der Waals surface area contributed by atoms with Crippen molar-refractivity contribution in [1.82, 2.24) is 24.6 Å². The van der Waals surface area contributed by atoms with Crippen LogP contribution in [0, 0.1) is 0 Å². The molecule has 1 aliphatic carbocycles. The molecule has 30 heavy (non-hydrogen) atoms. The maximum Gasteiger partial charge on any atom is 0.270 e. The number of amides is 1. The van der Waals surface area contributed by atoms with E-state index in [1.54, 1.807) is 24.0 Å². The highest BCUT2D eigenvalue weighted by Gasteiger charge is 2.24. The van der Waals surface area contributed by atoms with Crippen molar-refractivity contribution in [1.29, 1.82) is 0 Å². The summed E-state index contributed by atoms with van der Waals surface area (Å²) in [5.41, 5.74) is 3.15. The number of pyridine rings is 1. The van der Waals surface area contributed by atoms with Crippen molar-refractivity contribution in [2.75, 3.05) is 20.3 Å². The quantitative estimate of drug-likeness (QED) is 0.554. The lowest BCUT2D eigenvalue weighted by molar-refractivity contribution is -0.00409. The Hall–Kier alpha value is -2.49. The minimum absolute atomic E-state index is 0. The fraction of sp³-hybridized carbons (Fsp3) is 0.476. The van der Waals surface area contributed by atoms with E-state index in [4.69, 9.17) is 9.47 Å². The third-order valence-corrected chi connectivity index (χ3v) is 6.23. The van der Waals surface area contributed by atoms with Crippen molar-refractivity contribution in [3.05, 3.63) is 41.9 Å². The molecule has 0 spiro atoms. The first-order chi connectivity index (χ1) is 14.6. The fourth-order valence-electron chi connectivity index (χ4n) is 3.69. The van der Waals surface area contributed by atoms with Gasteiger partial charge in [-0.15, -0.1) is 11.3 Å². The molecule has 1 amide bonds. The van der Waals surface area contributed by atoms with Gasteiger partial charge in [-0.05, 0) is 43.4 Å². The Balaban J connectivity index is 0.00000272. The number of ether oxygens (including phenoxy) is 2. The molecule has 8 nitrogen and oxygen atoms in total. The van der Waals surface area contributed by atoms with Gasteiger partial charge in [0.2, 0.25) is 0 Å². The highest BCUT2D eigenvalue weighted by atomic mass is 32.1. The molecule has 0 bridgehead atoms. The van der Waals surface area contributed by atoms with Gasteiger partial charge in [0.05, 0.1) is 29.7 Å². The maximum absolute atomic E-state index is 13.0. The number of nitrogens with zero attached hydrogens (tertiary/aromatic N) is 4. The molecule has 4 rings (SSSR count). The number of hydrogen-bond donors (Lipinski definition) is 1.